The van der Waals surface area contributed by atoms with E-state index in [4.69, 9.17) is 0 Å². The maximum Gasteiger partial charge on any atom is 0.323 e. The van der Waals surface area contributed by atoms with Gasteiger partial charge in [0.15, 0.2) is 0 Å². The Morgan fingerprint density at radius 2 is 2.41 bits per heavy atom. The first-order chi connectivity index (χ1) is 7.98. The van der Waals surface area contributed by atoms with E-state index in [0.29, 0.717) is 19.5 Å². The molecule has 0 saturated carbocycles. The average Bonchev–Trinajstić information content (AvgIpc) is 2.69. The normalized spacial score (nSPS) is 14.5. The maximum atomic E-state index is 11.3. The van der Waals surface area contributed by atoms with Crippen molar-refractivity contribution >= 4 is 21.9 Å². The molecule has 1 atom stereocenters. The van der Waals surface area contributed by atoms with Gasteiger partial charge >= 0.3 is 5.97 Å². The van der Waals surface area contributed by atoms with Gasteiger partial charge in [-0.05, 0) is 42.2 Å². The molecule has 0 aromatic carbocycles. The van der Waals surface area contributed by atoms with E-state index < -0.39 is 11.5 Å². The minimum absolute atomic E-state index is 0.496. The quantitative estimate of drug-likeness (QED) is 0.807. The van der Waals surface area contributed by atoms with Crippen LogP contribution in [0.2, 0.25) is 0 Å². The number of nitrogens with one attached hydrogen (secondary N) is 1. The molecule has 17 heavy (non-hydrogen) atoms. The summed E-state index contributed by atoms with van der Waals surface area (Å²) >= 11 is 3.31. The number of halogens is 1. The number of nitrogens with zero attached hydrogens (tertiary/aromatic N) is 2. The highest BCUT2D eigenvalue weighted by Crippen LogP contribution is 2.13. The van der Waals surface area contributed by atoms with Gasteiger partial charge in [-0.3, -0.25) is 9.48 Å². The Kier molecular flexibility index (Phi) is 5.14. The zero-order valence-corrected chi connectivity index (χ0v) is 11.7. The minimum Gasteiger partial charge on any atom is -0.480 e. The lowest BCUT2D eigenvalue weighted by atomic mass is 9.98. The Morgan fingerprint density at radius 3 is 2.88 bits per heavy atom. The van der Waals surface area contributed by atoms with Crippen LogP contribution in [-0.2, 0) is 11.3 Å². The van der Waals surface area contributed by atoms with Gasteiger partial charge in [0.25, 0.3) is 0 Å². The van der Waals surface area contributed by atoms with Crippen LogP contribution in [0.25, 0.3) is 0 Å². The molecule has 0 bridgehead atoms. The van der Waals surface area contributed by atoms with Gasteiger partial charge in [0.2, 0.25) is 0 Å². The molecule has 96 valence electrons. The summed E-state index contributed by atoms with van der Waals surface area (Å²) in [6.07, 6.45) is 4.94. The van der Waals surface area contributed by atoms with Gasteiger partial charge in [0.05, 0.1) is 10.7 Å². The predicted octanol–water partition coefficient (Wildman–Crippen LogP) is 1.88. The number of aryl methyl sites for hydroxylation is 1. The van der Waals surface area contributed by atoms with Crippen LogP contribution >= 0.6 is 15.9 Å². The topological polar surface area (TPSA) is 67.2 Å². The van der Waals surface area contributed by atoms with Crippen molar-refractivity contribution in [3.05, 3.63) is 16.9 Å². The summed E-state index contributed by atoms with van der Waals surface area (Å²) in [5.41, 5.74) is -0.894. The van der Waals surface area contributed by atoms with Gasteiger partial charge in [-0.2, -0.15) is 5.10 Å². The number of carboxylic acid groups (broad SMARTS) is 1. The summed E-state index contributed by atoms with van der Waals surface area (Å²) < 4.78 is 2.63. The second-order valence-electron chi connectivity index (χ2n) is 4.24. The smallest absolute Gasteiger partial charge is 0.323 e. The highest BCUT2D eigenvalue weighted by Gasteiger charge is 2.31. The predicted molar refractivity (Wildman–Crippen MR) is 68.9 cm³/mol. The minimum atomic E-state index is -0.894. The van der Waals surface area contributed by atoms with E-state index in [1.165, 1.54) is 0 Å². The molecule has 0 saturated heterocycles. The van der Waals surface area contributed by atoms with Gasteiger partial charge in [-0.1, -0.05) is 6.92 Å². The van der Waals surface area contributed by atoms with Crippen LogP contribution < -0.4 is 5.32 Å². The molecular formula is C11H18BrN3O2. The molecule has 1 rings (SSSR count). The fourth-order valence-corrected chi connectivity index (χ4v) is 1.80. The average molecular weight is 304 g/mol. The molecule has 0 aliphatic carbocycles. The van der Waals surface area contributed by atoms with Crippen molar-refractivity contribution in [2.24, 2.45) is 0 Å². The highest BCUT2D eigenvalue weighted by molar-refractivity contribution is 9.10. The van der Waals surface area contributed by atoms with E-state index in [9.17, 15) is 9.90 Å². The van der Waals surface area contributed by atoms with Crippen molar-refractivity contribution in [3.63, 3.8) is 0 Å². The number of rotatable bonds is 7. The zero-order chi connectivity index (χ0) is 12.9. The monoisotopic (exact) mass is 303 g/mol. The summed E-state index contributed by atoms with van der Waals surface area (Å²) in [7, 11) is 0. The fourth-order valence-electron chi connectivity index (χ4n) is 1.47. The van der Waals surface area contributed by atoms with Crippen LogP contribution in [0.3, 0.4) is 0 Å². The van der Waals surface area contributed by atoms with Crippen LogP contribution in [0.5, 0.6) is 0 Å². The van der Waals surface area contributed by atoms with E-state index in [1.807, 2.05) is 13.1 Å². The summed E-state index contributed by atoms with van der Waals surface area (Å²) in [6, 6.07) is 0. The zero-order valence-electron chi connectivity index (χ0n) is 10.1. The van der Waals surface area contributed by atoms with Gasteiger partial charge in [-0.15, -0.1) is 0 Å². The Balaban J connectivity index is 2.58. The number of carboxylic acids is 1. The molecule has 0 aliphatic rings. The first-order valence-corrected chi connectivity index (χ1v) is 6.43. The molecule has 0 spiro atoms. The van der Waals surface area contributed by atoms with Crippen molar-refractivity contribution in [2.75, 3.05) is 6.54 Å². The Bertz CT molecular complexity index is 381. The van der Waals surface area contributed by atoms with Gasteiger partial charge in [0.1, 0.15) is 5.54 Å². The summed E-state index contributed by atoms with van der Waals surface area (Å²) in [5, 5.41) is 16.4. The number of aliphatic carboxylic acids is 1. The summed E-state index contributed by atoms with van der Waals surface area (Å²) in [6.45, 7) is 5.00. The van der Waals surface area contributed by atoms with E-state index >= 15 is 0 Å². The molecule has 5 nitrogen and oxygen atoms in total. The molecule has 0 fully saturated rings. The number of hydrogen-bond donors (Lipinski definition) is 2. The van der Waals surface area contributed by atoms with Crippen LogP contribution in [0.4, 0.5) is 0 Å². The molecule has 1 aromatic heterocycles. The first kappa shape index (κ1) is 14.2. The van der Waals surface area contributed by atoms with Crippen molar-refractivity contribution < 1.29 is 9.90 Å². The van der Waals surface area contributed by atoms with E-state index in [2.05, 4.69) is 26.3 Å². The Labute approximate surface area is 109 Å². The number of aromatic nitrogens is 2. The fraction of sp³-hybridized carbons (Fsp3) is 0.636. The molecule has 2 N–H and O–H groups in total. The Morgan fingerprint density at radius 1 is 1.71 bits per heavy atom. The highest BCUT2D eigenvalue weighted by atomic mass is 79.9. The van der Waals surface area contributed by atoms with Crippen molar-refractivity contribution in [1.82, 2.24) is 15.1 Å². The second kappa shape index (κ2) is 6.16. The molecule has 1 aromatic rings. The molecule has 1 unspecified atom stereocenters. The lowest BCUT2D eigenvalue weighted by Gasteiger charge is -2.26. The first-order valence-electron chi connectivity index (χ1n) is 5.64. The number of hydrogen-bond acceptors (Lipinski definition) is 3. The third-order valence-electron chi connectivity index (χ3n) is 2.68. The number of carbonyl (C=O) groups is 1. The van der Waals surface area contributed by atoms with Crippen LogP contribution in [-0.4, -0.2) is 32.9 Å². The third kappa shape index (κ3) is 4.12. The SMILES string of the molecule is CCCNC(C)(CCn1cc(Br)cn1)C(=O)O. The van der Waals surface area contributed by atoms with E-state index in [-0.39, 0.29) is 0 Å². The molecular weight excluding hydrogens is 286 g/mol. The van der Waals surface area contributed by atoms with Gasteiger partial charge in [0, 0.05) is 12.7 Å². The largest absolute Gasteiger partial charge is 0.480 e. The molecule has 0 amide bonds. The molecule has 6 heteroatoms. The van der Waals surface area contributed by atoms with Crippen LogP contribution in [0.1, 0.15) is 26.7 Å². The summed E-state index contributed by atoms with van der Waals surface area (Å²) in [4.78, 5) is 11.3. The van der Waals surface area contributed by atoms with Gasteiger partial charge < -0.3 is 10.4 Å². The maximum absolute atomic E-state index is 11.3. The second-order valence-corrected chi connectivity index (χ2v) is 5.15. The van der Waals surface area contributed by atoms with Crippen molar-refractivity contribution in [1.29, 1.82) is 0 Å². The van der Waals surface area contributed by atoms with Crippen molar-refractivity contribution in [3.8, 4) is 0 Å². The van der Waals surface area contributed by atoms with Crippen LogP contribution in [0, 0.1) is 0 Å². The van der Waals surface area contributed by atoms with E-state index in [0.717, 1.165) is 10.9 Å². The molecule has 0 aliphatic heterocycles. The lowest BCUT2D eigenvalue weighted by Crippen LogP contribution is -2.50. The third-order valence-corrected chi connectivity index (χ3v) is 3.09. The van der Waals surface area contributed by atoms with E-state index in [1.54, 1.807) is 17.8 Å². The Hall–Kier alpha value is -0.880. The van der Waals surface area contributed by atoms with Gasteiger partial charge in [-0.25, -0.2) is 0 Å². The summed E-state index contributed by atoms with van der Waals surface area (Å²) in [5.74, 6) is -0.822. The van der Waals surface area contributed by atoms with Crippen molar-refractivity contribution in [2.45, 2.75) is 38.8 Å². The lowest BCUT2D eigenvalue weighted by molar-refractivity contribution is -0.144. The standard InChI is InChI=1S/C11H18BrN3O2/c1-3-5-13-11(2,10(16)17)4-6-15-8-9(12)7-14-15/h7-8,13H,3-6H2,1-2H3,(H,16,17). The van der Waals surface area contributed by atoms with Crippen LogP contribution in [0.15, 0.2) is 16.9 Å². The molecule has 1 heterocycles. The molecule has 0 radical (unpaired) electrons.